The predicted molar refractivity (Wildman–Crippen MR) is 452 cm³/mol. The minimum absolute atomic E-state index is 0.000312. The Kier molecular flexibility index (Phi) is 29.9. The molecular weight excluding hydrogens is 1680 g/mol. The normalized spacial score (nSPS) is 16.9. The number of aliphatic hydroxyl groups is 1. The Balaban J connectivity index is 0.681. The summed E-state index contributed by atoms with van der Waals surface area (Å²) < 4.78 is 44.5. The summed E-state index contributed by atoms with van der Waals surface area (Å²) in [6, 6.07) is 8.53. The Morgan fingerprint density at radius 2 is 1.54 bits per heavy atom. The average Bonchev–Trinajstić information content (AvgIpc) is 1.56. The lowest BCUT2D eigenvalue weighted by Crippen LogP contribution is -2.60. The Morgan fingerprint density at radius 3 is 2.25 bits per heavy atom. The summed E-state index contributed by atoms with van der Waals surface area (Å²) in [5.74, 6) is -10.3. The number of benzene rings is 1. The van der Waals surface area contributed by atoms with Gasteiger partial charge in [0.05, 0.1) is 60.5 Å². The number of Topliss-reactive ketones (excluding diaryl/α,β-unsaturated/α-hetero) is 2. The van der Waals surface area contributed by atoms with Crippen molar-refractivity contribution in [2.75, 3.05) is 61.7 Å². The number of nitrogens with zero attached hydrogens (tertiary/aromatic N) is 10. The number of ether oxygens (including phenoxy) is 2. The van der Waals surface area contributed by atoms with Crippen molar-refractivity contribution < 1.29 is 85.4 Å². The molecule has 124 heavy (non-hydrogen) atoms. The van der Waals surface area contributed by atoms with Gasteiger partial charge in [-0.2, -0.15) is 18.1 Å². The number of fused-ring (bicyclic) bond motifs is 10. The van der Waals surface area contributed by atoms with Crippen LogP contribution in [0.1, 0.15) is 204 Å². The van der Waals surface area contributed by atoms with Gasteiger partial charge in [-0.05, 0) is 113 Å². The second-order valence-electron chi connectivity index (χ2n) is 30.2. The molecule has 0 fully saturated rings. The van der Waals surface area contributed by atoms with Gasteiger partial charge in [-0.1, -0.05) is 52.7 Å². The van der Waals surface area contributed by atoms with Crippen LogP contribution in [0.2, 0.25) is 0 Å². The van der Waals surface area contributed by atoms with E-state index in [0.717, 1.165) is 48.5 Å². The number of aromatic amines is 3. The molecule has 0 radical (unpaired) electrons. The lowest BCUT2D eigenvalue weighted by molar-refractivity contribution is -0.141. The number of nitrogens with two attached hydrogens (primary N) is 1. The number of aliphatic carboxylic acids is 1. The first kappa shape index (κ1) is 92.2. The van der Waals surface area contributed by atoms with Crippen LogP contribution in [-0.4, -0.2) is 227 Å². The van der Waals surface area contributed by atoms with Crippen LogP contribution in [0.5, 0.6) is 0 Å². The fourth-order valence-electron chi connectivity index (χ4n) is 14.9. The molecule has 660 valence electrons. The van der Waals surface area contributed by atoms with E-state index in [9.17, 15) is 85.5 Å². The summed E-state index contributed by atoms with van der Waals surface area (Å²) >= 11 is 0. The predicted octanol–water partition coefficient (Wildman–Crippen LogP) is 2.68. The van der Waals surface area contributed by atoms with E-state index in [1.165, 1.54) is 45.6 Å². The first-order chi connectivity index (χ1) is 59.0. The standard InChI is InChI=1S/C78H95N23O20S3/c1-10-45-37(3)48-28-53-59(41(7)103)39(5)50(88-53)26-49-38(4)46(63(89-49)61-62(73(114)120-9)66(107)60-40(6)51(90-64(60)61)27-52(45)87-48)18-20-56(104)80-21-11-12-47(91-69(109)54-32-101-75(92-54)97-99-100(8)77(101)116)70(110)96-98-76(115)121-23-24-122-123-33-55(72(112)113)84-34-78(35-102,29-58(106)81-22-25-124(117,118)119)95-57(105)19-13-36(2)85-68(108)42-14-16-43(17-15-42)82-30-44-31-83-67-65(86-44)71(111)94-74(79)93-67/h14-17,26-28,31-32,35-38,45-47,55,62,69,82,84,88,90-91,109H,10-13,18-25,29-30,33-34H2,1-9H3,(H,80,104)(H,81,106)(H,85,108)(H,95,105)(H,96,110)(H,98,115)(H,112,113)(H,117,118,119)(H3,79,83,93,94,111)/t36-,37-,38+,45-,46+,47?,55+,62+,69?,78-/m1/s1. The lowest BCUT2D eigenvalue weighted by atomic mass is 9.84. The number of H-pyrrole nitrogens is 3. The Labute approximate surface area is 714 Å². The number of aryl methyl sites for hydroxylation is 3. The van der Waals surface area contributed by atoms with Crippen LogP contribution in [0, 0.1) is 13.8 Å². The fourth-order valence-corrected chi connectivity index (χ4v) is 17.3. The van der Waals surface area contributed by atoms with Crippen molar-refractivity contribution in [2.24, 2.45) is 7.05 Å². The highest BCUT2D eigenvalue weighted by atomic mass is 33.1. The Bertz CT molecular complexity index is 5920. The number of hydrogen-bond acceptors (Lipinski definition) is 32. The molecule has 2 aliphatic heterocycles. The van der Waals surface area contributed by atoms with Gasteiger partial charge < -0.3 is 72.1 Å². The number of rotatable bonds is 39. The van der Waals surface area contributed by atoms with E-state index < -0.39 is 148 Å². The highest BCUT2D eigenvalue weighted by molar-refractivity contribution is 8.76. The molecule has 0 saturated heterocycles. The van der Waals surface area contributed by atoms with E-state index in [0.29, 0.717) is 72.7 Å². The summed E-state index contributed by atoms with van der Waals surface area (Å²) in [7, 11) is 0.0298. The molecule has 11 rings (SSSR count). The number of anilines is 2. The van der Waals surface area contributed by atoms with Crippen LogP contribution < -0.4 is 65.1 Å². The second-order valence-corrected chi connectivity index (χ2v) is 34.4. The smallest absolute Gasteiger partial charge is 0.426 e. The zero-order valence-electron chi connectivity index (χ0n) is 68.8. The van der Waals surface area contributed by atoms with Crippen molar-refractivity contribution in [1.29, 1.82) is 0 Å². The molecule has 6 amide bonds. The zero-order valence-corrected chi connectivity index (χ0v) is 71.3. The highest BCUT2D eigenvalue weighted by Crippen LogP contribution is 2.49. The number of aldehydes is 1. The van der Waals surface area contributed by atoms with E-state index in [1.54, 1.807) is 26.0 Å². The van der Waals surface area contributed by atoms with E-state index in [1.807, 2.05) is 32.0 Å². The number of aromatic nitrogens is 13. The number of nitrogens with one attached hydrogen (secondary N) is 12. The Morgan fingerprint density at radius 1 is 0.831 bits per heavy atom. The summed E-state index contributed by atoms with van der Waals surface area (Å²) in [5.41, 5.74) is 14.9. The van der Waals surface area contributed by atoms with Crippen LogP contribution in [0.25, 0.3) is 39.0 Å². The minimum Gasteiger partial charge on any atom is -0.480 e. The molecule has 0 saturated carbocycles. The number of hydrogen-bond donors (Lipinski definition) is 16. The molecule has 7 aromatic heterocycles. The molecule has 1 aromatic carbocycles. The first-order valence-corrected chi connectivity index (χ1v) is 43.6. The number of nitrogen functional groups attached to an aromatic ring is 1. The third-order valence-electron chi connectivity index (χ3n) is 21.5. The van der Waals surface area contributed by atoms with E-state index in [-0.39, 0.29) is 128 Å². The van der Waals surface area contributed by atoms with Gasteiger partial charge in [0.25, 0.3) is 33.3 Å². The topological polar surface area (TPSA) is 629 Å². The van der Waals surface area contributed by atoms with E-state index in [4.69, 9.17) is 25.2 Å². The summed E-state index contributed by atoms with van der Waals surface area (Å²) in [5, 5.41) is 48.2. The van der Waals surface area contributed by atoms with Crippen molar-refractivity contribution >= 4 is 148 Å². The molecule has 43 nitrogen and oxygen atoms in total. The lowest BCUT2D eigenvalue weighted by Gasteiger charge is -2.31. The number of esters is 1. The van der Waals surface area contributed by atoms with Crippen LogP contribution in [0.15, 0.2) is 64.4 Å². The molecule has 8 bridgehead atoms. The molecule has 9 heterocycles. The third kappa shape index (κ3) is 22.1. The SMILES string of the molecule is CC[C@H]1c2cc3[nH]c4c(c3C)C(=O)[C@@H](C(=O)OC)c4c3nc(cc4[nH]c(cc(n2)[C@@H]1C)c(C(C)=O)c4C)[C@@H](C)[C@@H]3CCC(=O)NCCCC(NC(O)c1cn2c(=O)n(C)nnc2n1)C(=O)NNC(=O)OCCSSC[C@H](NC[C@@](C=O)(CC(=O)NCCS(=O)(=O)O)NC(=O)CC[C@@H](C)NC(=O)c1ccc(NCc2cnc3nc(N)[nH]c(=O)c3n2)cc1)C(=O)O. The molecule has 1 aliphatic carbocycles. The van der Waals surface area contributed by atoms with Crippen molar-refractivity contribution in [3.05, 3.63) is 143 Å². The van der Waals surface area contributed by atoms with E-state index >= 15 is 0 Å². The fraction of sp³-hybridized carbons (Fsp3) is 0.449. The summed E-state index contributed by atoms with van der Waals surface area (Å²) in [6.07, 6.45) is -0.487. The molecule has 46 heteroatoms. The van der Waals surface area contributed by atoms with Gasteiger partial charge in [-0.25, -0.2) is 34.4 Å². The van der Waals surface area contributed by atoms with Crippen LogP contribution in [0.3, 0.4) is 0 Å². The first-order valence-electron chi connectivity index (χ1n) is 39.5. The largest absolute Gasteiger partial charge is 0.480 e. The Hall–Kier alpha value is -12.5. The van der Waals surface area contributed by atoms with Crippen LogP contribution >= 0.6 is 21.6 Å². The quantitative estimate of drug-likeness (QED) is 0.00303. The number of carbonyl (C=O) groups excluding carboxylic acids is 10. The summed E-state index contributed by atoms with van der Waals surface area (Å²) in [6.45, 7) is 11.4. The van der Waals surface area contributed by atoms with Crippen molar-refractivity contribution in [3.63, 3.8) is 0 Å². The van der Waals surface area contributed by atoms with Crippen molar-refractivity contribution in [3.8, 4) is 0 Å². The number of ketones is 2. The van der Waals surface area contributed by atoms with Crippen LogP contribution in [0.4, 0.5) is 16.4 Å². The van der Waals surface area contributed by atoms with Crippen molar-refractivity contribution in [2.45, 2.75) is 166 Å². The second kappa shape index (κ2) is 40.2. The number of imidazole rings is 1. The summed E-state index contributed by atoms with van der Waals surface area (Å²) in [4.78, 5) is 210. The van der Waals surface area contributed by atoms with Gasteiger partial charge in [0, 0.05) is 143 Å². The number of carboxylic acid groups (broad SMARTS) is 1. The highest BCUT2D eigenvalue weighted by Gasteiger charge is 2.46. The van der Waals surface area contributed by atoms with Gasteiger partial charge in [0.1, 0.15) is 42.3 Å². The number of hydrazine groups is 1. The number of carboxylic acids is 1. The zero-order chi connectivity index (χ0) is 89.8. The monoisotopic (exact) mass is 1770 g/mol. The third-order valence-corrected chi connectivity index (χ3v) is 24.6. The number of amides is 6. The molecule has 2 unspecified atom stereocenters. The minimum atomic E-state index is -4.54. The molecule has 17 N–H and O–H groups in total. The van der Waals surface area contributed by atoms with Gasteiger partial charge in [-0.3, -0.25) is 78.2 Å². The van der Waals surface area contributed by atoms with Gasteiger partial charge in [-0.15, -0.1) is 0 Å². The van der Waals surface area contributed by atoms with Gasteiger partial charge in [0.2, 0.25) is 23.7 Å². The van der Waals surface area contributed by atoms with Gasteiger partial charge >= 0.3 is 23.7 Å². The van der Waals surface area contributed by atoms with Crippen molar-refractivity contribution in [1.82, 2.24) is 107 Å². The average molecular weight is 1770 g/mol. The molecule has 10 atom stereocenters. The maximum Gasteiger partial charge on any atom is 0.426 e. The van der Waals surface area contributed by atoms with Crippen LogP contribution in [-0.2, 0) is 66.7 Å². The molecular formula is C78H95N23O20S3. The number of methoxy groups -OCH3 is 1. The molecule has 8 aromatic rings. The maximum absolute atomic E-state index is 14.7. The molecule has 0 spiro atoms. The van der Waals surface area contributed by atoms with E-state index in [2.05, 4.69) is 107 Å². The molecule has 3 aliphatic rings. The van der Waals surface area contributed by atoms with Gasteiger partial charge in [0.15, 0.2) is 22.7 Å². The number of carbonyl (C=O) groups is 11. The maximum atomic E-state index is 14.7. The number of aliphatic hydroxyl groups excluding tert-OH is 1.